The highest BCUT2D eigenvalue weighted by molar-refractivity contribution is 6.33. The number of carbonyl (C=O) groups is 2. The van der Waals surface area contributed by atoms with Crippen molar-refractivity contribution in [2.75, 3.05) is 10.6 Å². The number of carboxylic acid groups (broad SMARTS) is 1. The molecule has 0 bridgehead atoms. The molecule has 0 heterocycles. The zero-order valence-electron chi connectivity index (χ0n) is 10.6. The predicted octanol–water partition coefficient (Wildman–Crippen LogP) is 3.82. The lowest BCUT2D eigenvalue weighted by Crippen LogP contribution is -2.20. The predicted molar refractivity (Wildman–Crippen MR) is 77.5 cm³/mol. The lowest BCUT2D eigenvalue weighted by atomic mass is 10.2. The summed E-state index contributed by atoms with van der Waals surface area (Å²) in [5.74, 6) is -1.64. The number of nitrogens with one attached hydrogen (secondary N) is 2. The number of aromatic carboxylic acids is 1. The number of amides is 2. The maximum atomic E-state index is 13.1. The fraction of sp³-hybridized carbons (Fsp3) is 0. The molecule has 0 aliphatic rings. The molecule has 0 unspecified atom stereocenters. The molecule has 3 N–H and O–H groups in total. The molecule has 2 amide bonds. The van der Waals surface area contributed by atoms with Crippen molar-refractivity contribution in [2.24, 2.45) is 0 Å². The Morgan fingerprint density at radius 1 is 1.10 bits per heavy atom. The number of halogens is 2. The Hall–Kier alpha value is -2.60. The Balaban J connectivity index is 2.10. The van der Waals surface area contributed by atoms with Gasteiger partial charge in [0.1, 0.15) is 5.82 Å². The Kier molecular flexibility index (Phi) is 4.39. The van der Waals surface area contributed by atoms with E-state index in [0.717, 1.165) is 6.07 Å². The van der Waals surface area contributed by atoms with Gasteiger partial charge in [-0.05, 0) is 36.4 Å². The first kappa shape index (κ1) is 14.8. The minimum absolute atomic E-state index is 0.0385. The first-order valence-electron chi connectivity index (χ1n) is 5.82. The van der Waals surface area contributed by atoms with Crippen LogP contribution >= 0.6 is 11.6 Å². The van der Waals surface area contributed by atoms with Gasteiger partial charge in [0.2, 0.25) is 0 Å². The fourth-order valence-electron chi connectivity index (χ4n) is 1.61. The smallest absolute Gasteiger partial charge is 0.335 e. The maximum absolute atomic E-state index is 13.1. The van der Waals surface area contributed by atoms with E-state index in [-0.39, 0.29) is 16.3 Å². The van der Waals surface area contributed by atoms with Crippen LogP contribution in [-0.2, 0) is 0 Å². The molecule has 2 aromatic rings. The van der Waals surface area contributed by atoms with Crippen LogP contribution < -0.4 is 10.6 Å². The molecule has 21 heavy (non-hydrogen) atoms. The summed E-state index contributed by atoms with van der Waals surface area (Å²) in [6.45, 7) is 0. The van der Waals surface area contributed by atoms with E-state index < -0.39 is 17.8 Å². The molecule has 0 atom stereocenters. The van der Waals surface area contributed by atoms with Gasteiger partial charge in [-0.15, -0.1) is 0 Å². The van der Waals surface area contributed by atoms with Gasteiger partial charge in [-0.1, -0.05) is 17.7 Å². The summed E-state index contributed by atoms with van der Waals surface area (Å²) in [5.41, 5.74) is 0.445. The standard InChI is InChI=1S/C14H10ClFN2O3/c15-11-5-4-9(16)7-12(11)18-14(21)17-10-3-1-2-8(6-10)13(19)20/h1-7H,(H,19,20)(H2,17,18,21). The summed E-state index contributed by atoms with van der Waals surface area (Å²) in [6, 6.07) is 8.62. The van der Waals surface area contributed by atoms with Gasteiger partial charge in [0.05, 0.1) is 16.3 Å². The summed E-state index contributed by atoms with van der Waals surface area (Å²) >= 11 is 5.82. The second-order valence-corrected chi connectivity index (χ2v) is 4.50. The number of carboxylic acids is 1. The van der Waals surface area contributed by atoms with Gasteiger partial charge in [0.25, 0.3) is 0 Å². The summed E-state index contributed by atoms with van der Waals surface area (Å²) < 4.78 is 13.1. The van der Waals surface area contributed by atoms with Gasteiger partial charge in [-0.2, -0.15) is 0 Å². The van der Waals surface area contributed by atoms with Crippen LogP contribution in [0.25, 0.3) is 0 Å². The van der Waals surface area contributed by atoms with Crippen LogP contribution in [0.5, 0.6) is 0 Å². The van der Waals surface area contributed by atoms with E-state index in [1.165, 1.54) is 36.4 Å². The molecule has 0 radical (unpaired) electrons. The van der Waals surface area contributed by atoms with Crippen molar-refractivity contribution in [1.29, 1.82) is 0 Å². The van der Waals surface area contributed by atoms with E-state index >= 15 is 0 Å². The van der Waals surface area contributed by atoms with E-state index in [2.05, 4.69) is 10.6 Å². The second-order valence-electron chi connectivity index (χ2n) is 4.09. The molecular formula is C14H10ClFN2O3. The molecule has 0 aromatic heterocycles. The van der Waals surface area contributed by atoms with Crippen LogP contribution in [0.3, 0.4) is 0 Å². The molecular weight excluding hydrogens is 299 g/mol. The van der Waals surface area contributed by atoms with E-state index in [4.69, 9.17) is 16.7 Å². The van der Waals surface area contributed by atoms with Gasteiger partial charge in [-0.3, -0.25) is 0 Å². The molecule has 7 heteroatoms. The second kappa shape index (κ2) is 6.23. The number of hydrogen-bond acceptors (Lipinski definition) is 2. The number of benzene rings is 2. The highest BCUT2D eigenvalue weighted by Crippen LogP contribution is 2.22. The lowest BCUT2D eigenvalue weighted by molar-refractivity contribution is 0.0697. The summed E-state index contributed by atoms with van der Waals surface area (Å²) in [5, 5.41) is 13.9. The minimum Gasteiger partial charge on any atom is -0.478 e. The first-order chi connectivity index (χ1) is 9.95. The number of carbonyl (C=O) groups excluding carboxylic acids is 1. The monoisotopic (exact) mass is 308 g/mol. The Labute approximate surface area is 124 Å². The Morgan fingerprint density at radius 2 is 1.86 bits per heavy atom. The summed E-state index contributed by atoms with van der Waals surface area (Å²) in [7, 11) is 0. The van der Waals surface area contributed by atoms with Crippen molar-refractivity contribution in [3.63, 3.8) is 0 Å². The Bertz CT molecular complexity index is 706. The number of rotatable bonds is 3. The Morgan fingerprint density at radius 3 is 2.57 bits per heavy atom. The average molecular weight is 309 g/mol. The van der Waals surface area contributed by atoms with Crippen molar-refractivity contribution in [3.05, 3.63) is 58.9 Å². The summed E-state index contributed by atoms with van der Waals surface area (Å²) in [6.07, 6.45) is 0. The maximum Gasteiger partial charge on any atom is 0.335 e. The number of hydrogen-bond donors (Lipinski definition) is 3. The molecule has 2 aromatic carbocycles. The first-order valence-corrected chi connectivity index (χ1v) is 6.20. The van der Waals surface area contributed by atoms with E-state index in [0.29, 0.717) is 5.69 Å². The molecule has 5 nitrogen and oxygen atoms in total. The topological polar surface area (TPSA) is 78.4 Å². The molecule has 0 spiro atoms. The highest BCUT2D eigenvalue weighted by atomic mass is 35.5. The fourth-order valence-corrected chi connectivity index (χ4v) is 1.77. The molecule has 108 valence electrons. The van der Waals surface area contributed by atoms with Crippen LogP contribution in [0, 0.1) is 5.82 Å². The van der Waals surface area contributed by atoms with Crippen LogP contribution in [0.15, 0.2) is 42.5 Å². The van der Waals surface area contributed by atoms with Crippen molar-refractivity contribution < 1.29 is 19.1 Å². The number of urea groups is 1. The van der Waals surface area contributed by atoms with E-state index in [1.807, 2.05) is 0 Å². The van der Waals surface area contributed by atoms with E-state index in [1.54, 1.807) is 0 Å². The lowest BCUT2D eigenvalue weighted by Gasteiger charge is -2.09. The summed E-state index contributed by atoms with van der Waals surface area (Å²) in [4.78, 5) is 22.6. The van der Waals surface area contributed by atoms with Crippen molar-refractivity contribution in [2.45, 2.75) is 0 Å². The van der Waals surface area contributed by atoms with Crippen LogP contribution in [-0.4, -0.2) is 17.1 Å². The van der Waals surface area contributed by atoms with Gasteiger partial charge in [0.15, 0.2) is 0 Å². The highest BCUT2D eigenvalue weighted by Gasteiger charge is 2.09. The largest absolute Gasteiger partial charge is 0.478 e. The molecule has 2 rings (SSSR count). The van der Waals surface area contributed by atoms with Gasteiger partial charge >= 0.3 is 12.0 Å². The van der Waals surface area contributed by atoms with Gasteiger partial charge in [0, 0.05) is 5.69 Å². The quantitative estimate of drug-likeness (QED) is 0.806. The normalized spacial score (nSPS) is 10.0. The van der Waals surface area contributed by atoms with Crippen molar-refractivity contribution >= 4 is 35.0 Å². The van der Waals surface area contributed by atoms with Crippen molar-refractivity contribution in [1.82, 2.24) is 0 Å². The van der Waals surface area contributed by atoms with Crippen molar-refractivity contribution in [3.8, 4) is 0 Å². The molecule has 0 saturated heterocycles. The van der Waals surface area contributed by atoms with Crippen LogP contribution in [0.4, 0.5) is 20.6 Å². The molecule has 0 aliphatic heterocycles. The molecule has 0 fully saturated rings. The third-order valence-corrected chi connectivity index (χ3v) is 2.87. The van der Waals surface area contributed by atoms with Gasteiger partial charge < -0.3 is 15.7 Å². The molecule has 0 saturated carbocycles. The molecule has 0 aliphatic carbocycles. The number of anilines is 2. The van der Waals surface area contributed by atoms with Crippen LogP contribution in [0.2, 0.25) is 5.02 Å². The average Bonchev–Trinajstić information content (AvgIpc) is 2.43. The van der Waals surface area contributed by atoms with Gasteiger partial charge in [-0.25, -0.2) is 14.0 Å². The third-order valence-electron chi connectivity index (χ3n) is 2.54. The minimum atomic E-state index is -1.10. The SMILES string of the molecule is O=C(Nc1cccc(C(=O)O)c1)Nc1cc(F)ccc1Cl. The van der Waals surface area contributed by atoms with E-state index in [9.17, 15) is 14.0 Å². The third kappa shape index (κ3) is 3.93. The van der Waals surface area contributed by atoms with Crippen LogP contribution in [0.1, 0.15) is 10.4 Å². The zero-order valence-corrected chi connectivity index (χ0v) is 11.3. The zero-order chi connectivity index (χ0) is 15.4.